The molecule has 0 saturated heterocycles. The number of ether oxygens (including phenoxy) is 2. The van der Waals surface area contributed by atoms with Crippen LogP contribution in [-0.4, -0.2) is 30.2 Å². The van der Waals surface area contributed by atoms with Crippen molar-refractivity contribution in [2.45, 2.75) is 0 Å². The van der Waals surface area contributed by atoms with E-state index in [2.05, 4.69) is 19.6 Å². The van der Waals surface area contributed by atoms with Crippen molar-refractivity contribution >= 4 is 23.6 Å². The molecule has 1 aromatic carbocycles. The second-order valence-corrected chi connectivity index (χ2v) is 4.63. The maximum absolute atomic E-state index is 12.2. The van der Waals surface area contributed by atoms with E-state index < -0.39 is 0 Å². The van der Waals surface area contributed by atoms with Crippen LogP contribution in [0.4, 0.5) is 0 Å². The Morgan fingerprint density at radius 3 is 2.91 bits per heavy atom. The van der Waals surface area contributed by atoms with Gasteiger partial charge < -0.3 is 9.47 Å². The molecular formula is C13H14N4O4S. The molecule has 116 valence electrons. The lowest BCUT2D eigenvalue weighted by Crippen LogP contribution is -2.21. The molecule has 1 amide bonds. The summed E-state index contributed by atoms with van der Waals surface area (Å²) in [5.74, 6) is 0.0439. The summed E-state index contributed by atoms with van der Waals surface area (Å²) in [4.78, 5) is 16.0. The monoisotopic (exact) mass is 322 g/mol. The number of nitrogens with zero attached hydrogens (tertiary/aromatic N) is 2. The summed E-state index contributed by atoms with van der Waals surface area (Å²) in [5, 5.41) is 3.46. The predicted octanol–water partition coefficient (Wildman–Crippen LogP) is 1.75. The van der Waals surface area contributed by atoms with Gasteiger partial charge in [0.05, 0.1) is 18.9 Å². The molecule has 0 unspecified atom stereocenters. The van der Waals surface area contributed by atoms with Crippen LogP contribution < -0.4 is 14.2 Å². The van der Waals surface area contributed by atoms with E-state index >= 15 is 0 Å². The predicted molar refractivity (Wildman–Crippen MR) is 80.6 cm³/mol. The molecule has 0 aliphatic rings. The van der Waals surface area contributed by atoms with Gasteiger partial charge in [0, 0.05) is 17.7 Å². The third-order valence-electron chi connectivity index (χ3n) is 2.44. The first-order valence-electron chi connectivity index (χ1n) is 6.16. The number of hydrogen-bond donors (Lipinski definition) is 2. The maximum atomic E-state index is 12.2. The van der Waals surface area contributed by atoms with Gasteiger partial charge in [0.25, 0.3) is 5.91 Å². The Morgan fingerprint density at radius 1 is 1.41 bits per heavy atom. The van der Waals surface area contributed by atoms with Crippen LogP contribution in [-0.2, 0) is 9.53 Å². The molecule has 0 saturated carbocycles. The molecule has 0 aliphatic carbocycles. The van der Waals surface area contributed by atoms with E-state index in [0.29, 0.717) is 16.9 Å². The summed E-state index contributed by atoms with van der Waals surface area (Å²) in [5.41, 5.74) is 0.817. The number of benzene rings is 1. The van der Waals surface area contributed by atoms with Crippen molar-refractivity contribution in [2.24, 2.45) is 0 Å². The van der Waals surface area contributed by atoms with Crippen LogP contribution in [0.3, 0.4) is 0 Å². The van der Waals surface area contributed by atoms with Gasteiger partial charge in [-0.2, -0.15) is 4.98 Å². The molecule has 0 fully saturated rings. The Kier molecular flexibility index (Phi) is 5.81. The van der Waals surface area contributed by atoms with Gasteiger partial charge in [-0.3, -0.25) is 14.0 Å². The lowest BCUT2D eigenvalue weighted by molar-refractivity contribution is -0.113. The number of rotatable bonds is 7. The van der Waals surface area contributed by atoms with Crippen molar-refractivity contribution in [3.05, 3.63) is 42.4 Å². The molecule has 1 aromatic heterocycles. The van der Waals surface area contributed by atoms with Gasteiger partial charge in [-0.05, 0) is 13.1 Å². The maximum Gasteiger partial charge on any atom is 0.422 e. The second kappa shape index (κ2) is 8.05. The highest BCUT2D eigenvalue weighted by Crippen LogP contribution is 2.29. The van der Waals surface area contributed by atoms with E-state index in [1.54, 1.807) is 31.3 Å². The van der Waals surface area contributed by atoms with Gasteiger partial charge in [-0.1, -0.05) is 23.4 Å². The SMILES string of the molecule is CNSNC(=O)/C(=C/OC)c1ccccc1Oc1ncno1. The number of methoxy groups -OCH3 is 1. The normalized spacial score (nSPS) is 11.1. The molecule has 2 N–H and O–H groups in total. The number of amides is 1. The molecule has 0 radical (unpaired) electrons. The molecule has 0 bridgehead atoms. The second-order valence-electron chi connectivity index (χ2n) is 3.81. The first-order chi connectivity index (χ1) is 10.8. The van der Waals surface area contributed by atoms with E-state index in [4.69, 9.17) is 14.0 Å². The van der Waals surface area contributed by atoms with Crippen molar-refractivity contribution in [2.75, 3.05) is 14.2 Å². The van der Waals surface area contributed by atoms with E-state index in [1.807, 2.05) is 0 Å². The van der Waals surface area contributed by atoms with Crippen molar-refractivity contribution < 1.29 is 18.8 Å². The third-order valence-corrected chi connectivity index (χ3v) is 2.93. The number of hydrogen-bond acceptors (Lipinski definition) is 8. The number of carbonyl (C=O) groups is 1. The Hall–Kier alpha value is -2.52. The smallest absolute Gasteiger partial charge is 0.422 e. The van der Waals surface area contributed by atoms with Crippen LogP contribution in [0, 0.1) is 0 Å². The zero-order chi connectivity index (χ0) is 15.8. The molecule has 1 heterocycles. The summed E-state index contributed by atoms with van der Waals surface area (Å²) < 4.78 is 20.7. The Bertz CT molecular complexity index is 645. The largest absolute Gasteiger partial charge is 0.504 e. The van der Waals surface area contributed by atoms with Gasteiger partial charge in [0.2, 0.25) is 0 Å². The van der Waals surface area contributed by atoms with Crippen LogP contribution in [0.1, 0.15) is 5.56 Å². The molecule has 22 heavy (non-hydrogen) atoms. The highest BCUT2D eigenvalue weighted by molar-refractivity contribution is 7.96. The molecule has 0 spiro atoms. The van der Waals surface area contributed by atoms with Crippen LogP contribution in [0.25, 0.3) is 5.57 Å². The van der Waals surface area contributed by atoms with Crippen molar-refractivity contribution in [3.63, 3.8) is 0 Å². The first kappa shape index (κ1) is 15.9. The molecule has 0 aliphatic heterocycles. The molecule has 8 nitrogen and oxygen atoms in total. The van der Waals surface area contributed by atoms with Crippen molar-refractivity contribution in [1.29, 1.82) is 0 Å². The third kappa shape index (κ3) is 3.99. The van der Waals surface area contributed by atoms with Gasteiger partial charge in [0.15, 0.2) is 6.33 Å². The minimum absolute atomic E-state index is 0.0192. The van der Waals surface area contributed by atoms with Gasteiger partial charge in [0.1, 0.15) is 5.75 Å². The van der Waals surface area contributed by atoms with Crippen LogP contribution in [0.15, 0.2) is 41.4 Å². The number of nitrogens with one attached hydrogen (secondary N) is 2. The summed E-state index contributed by atoms with van der Waals surface area (Å²) in [6.45, 7) is 0. The minimum atomic E-state index is -0.345. The first-order valence-corrected chi connectivity index (χ1v) is 6.97. The highest BCUT2D eigenvalue weighted by Gasteiger charge is 2.18. The Balaban J connectivity index is 2.31. The van der Waals surface area contributed by atoms with E-state index in [-0.39, 0.29) is 12.0 Å². The lowest BCUT2D eigenvalue weighted by Gasteiger charge is -2.11. The fraction of sp³-hybridized carbons (Fsp3) is 0.154. The summed E-state index contributed by atoms with van der Waals surface area (Å²) >= 11 is 1.05. The zero-order valence-electron chi connectivity index (χ0n) is 11.9. The minimum Gasteiger partial charge on any atom is -0.504 e. The van der Waals surface area contributed by atoms with Crippen LogP contribution in [0.5, 0.6) is 11.8 Å². The van der Waals surface area contributed by atoms with Gasteiger partial charge >= 0.3 is 6.08 Å². The summed E-state index contributed by atoms with van der Waals surface area (Å²) in [6.07, 6.45) is 2.54. The molecule has 9 heteroatoms. The topological polar surface area (TPSA) is 98.5 Å². The number of aromatic nitrogens is 2. The number of carbonyl (C=O) groups excluding carboxylic acids is 1. The standard InChI is InChI=1S/C13H14N4O4S/c1-14-22-17-12(18)10(7-19-2)9-5-3-4-6-11(9)20-13-15-8-16-21-13/h3-8,14H,1-2H3,(H,17,18)/b10-7+. The molecule has 2 rings (SSSR count). The van der Waals surface area contributed by atoms with Crippen LogP contribution in [0.2, 0.25) is 0 Å². The fourth-order valence-electron chi connectivity index (χ4n) is 1.59. The fourth-order valence-corrected chi connectivity index (χ4v) is 1.89. The molecule has 2 aromatic rings. The zero-order valence-corrected chi connectivity index (χ0v) is 12.7. The molecule has 0 atom stereocenters. The van der Waals surface area contributed by atoms with Crippen molar-refractivity contribution in [1.82, 2.24) is 19.6 Å². The summed E-state index contributed by atoms with van der Waals surface area (Å²) in [7, 11) is 3.15. The van der Waals surface area contributed by atoms with E-state index in [1.165, 1.54) is 19.7 Å². The van der Waals surface area contributed by atoms with Crippen molar-refractivity contribution in [3.8, 4) is 11.8 Å². The highest BCUT2D eigenvalue weighted by atomic mass is 32.2. The molecular weight excluding hydrogens is 308 g/mol. The van der Waals surface area contributed by atoms with Gasteiger partial charge in [-0.25, -0.2) is 4.72 Å². The quantitative estimate of drug-likeness (QED) is 0.452. The average molecular weight is 322 g/mol. The number of para-hydroxylation sites is 1. The van der Waals surface area contributed by atoms with Gasteiger partial charge in [-0.15, -0.1) is 0 Å². The summed E-state index contributed by atoms with van der Waals surface area (Å²) in [6, 6.07) is 6.94. The average Bonchev–Trinajstić information content (AvgIpc) is 3.04. The lowest BCUT2D eigenvalue weighted by atomic mass is 10.1. The van der Waals surface area contributed by atoms with E-state index in [9.17, 15) is 4.79 Å². The Morgan fingerprint density at radius 2 is 2.23 bits per heavy atom. The van der Waals surface area contributed by atoms with E-state index in [0.717, 1.165) is 12.1 Å². The van der Waals surface area contributed by atoms with Crippen LogP contribution >= 0.6 is 12.1 Å². The Labute approximate surface area is 131 Å².